The van der Waals surface area contributed by atoms with Crippen LogP contribution in [0.15, 0.2) is 17.6 Å². The number of nitrogens with zero attached hydrogens (tertiary/aromatic N) is 4. The average Bonchev–Trinajstić information content (AvgIpc) is 2.83. The van der Waals surface area contributed by atoms with Crippen molar-refractivity contribution in [1.29, 1.82) is 0 Å². The van der Waals surface area contributed by atoms with Gasteiger partial charge in [0.2, 0.25) is 0 Å². The molecule has 1 fully saturated rings. The number of aromatic nitrogens is 2. The molecule has 0 atom stereocenters. The van der Waals surface area contributed by atoms with Crippen molar-refractivity contribution >= 4 is 11.8 Å². The summed E-state index contributed by atoms with van der Waals surface area (Å²) < 4.78 is 3.14. The molecule has 5 heteroatoms. The van der Waals surface area contributed by atoms with Gasteiger partial charge in [-0.15, -0.1) is 4.57 Å². The zero-order valence-corrected chi connectivity index (χ0v) is 8.46. The second-order valence-corrected chi connectivity index (χ2v) is 4.14. The highest BCUT2D eigenvalue weighted by Crippen LogP contribution is 2.26. The quantitative estimate of drug-likeness (QED) is 0.660. The molecule has 0 bridgehead atoms. The maximum Gasteiger partial charge on any atom is 0.526 e. The number of carbonyl (C=O) groups is 1. The maximum atomic E-state index is 11.9. The highest BCUT2D eigenvalue weighted by Gasteiger charge is 2.38. The van der Waals surface area contributed by atoms with Gasteiger partial charge in [0.05, 0.1) is 0 Å². The lowest BCUT2D eigenvalue weighted by Crippen LogP contribution is -2.31. The van der Waals surface area contributed by atoms with Crippen LogP contribution in [0.5, 0.6) is 0 Å². The summed E-state index contributed by atoms with van der Waals surface area (Å²) in [5.41, 5.74) is 0. The molecule has 2 aliphatic rings. The highest BCUT2D eigenvalue weighted by molar-refractivity contribution is 5.73. The predicted octanol–water partition coefficient (Wildman–Crippen LogP) is 2.29. The predicted molar refractivity (Wildman–Crippen MR) is 52.2 cm³/mol. The van der Waals surface area contributed by atoms with Crippen LogP contribution in [0.25, 0.3) is 0 Å². The molecule has 78 valence electrons. The van der Waals surface area contributed by atoms with E-state index in [1.54, 1.807) is 10.9 Å². The van der Waals surface area contributed by atoms with E-state index >= 15 is 0 Å². The first-order valence-electron chi connectivity index (χ1n) is 5.44. The van der Waals surface area contributed by atoms with E-state index in [1.165, 1.54) is 30.2 Å². The maximum absolute atomic E-state index is 11.9. The van der Waals surface area contributed by atoms with Crippen molar-refractivity contribution in [3.63, 3.8) is 0 Å². The van der Waals surface area contributed by atoms with Gasteiger partial charge in [-0.2, -0.15) is 4.79 Å². The zero-order valence-electron chi connectivity index (χ0n) is 8.46. The summed E-state index contributed by atoms with van der Waals surface area (Å²) in [5, 5.41) is 4.30. The molecule has 1 aromatic rings. The Hall–Kier alpha value is -1.52. The molecule has 5 nitrogen and oxygen atoms in total. The third kappa shape index (κ3) is 1.30. The number of hydrogen-bond acceptors (Lipinski definition) is 3. The third-order valence-electron chi connectivity index (χ3n) is 3.15. The lowest BCUT2D eigenvalue weighted by atomic mass is 9.95. The molecule has 1 amide bonds. The number of amides is 1. The van der Waals surface area contributed by atoms with E-state index in [2.05, 4.69) is 10.1 Å². The Morgan fingerprint density at radius 1 is 1.33 bits per heavy atom. The number of hydrogen-bond donors (Lipinski definition) is 0. The zero-order chi connectivity index (χ0) is 10.3. The van der Waals surface area contributed by atoms with Gasteiger partial charge in [-0.1, -0.05) is 11.1 Å². The van der Waals surface area contributed by atoms with Crippen LogP contribution in [0, 0.1) is 0 Å². The van der Waals surface area contributed by atoms with E-state index in [9.17, 15) is 4.79 Å². The van der Waals surface area contributed by atoms with E-state index in [1.807, 2.05) is 0 Å². The van der Waals surface area contributed by atoms with Crippen molar-refractivity contribution in [2.24, 2.45) is 5.11 Å². The molecule has 1 aromatic heterocycles. The fraction of sp³-hybridized carbons (Fsp3) is 0.600. The monoisotopic (exact) mass is 205 g/mol. The Balaban J connectivity index is 1.89. The summed E-state index contributed by atoms with van der Waals surface area (Å²) in [6.45, 7) is 0. The Morgan fingerprint density at radius 3 is 2.87 bits per heavy atom. The normalized spacial score (nSPS) is 21.6. The summed E-state index contributed by atoms with van der Waals surface area (Å²) in [6.07, 6.45) is 9.01. The van der Waals surface area contributed by atoms with Crippen LogP contribution in [0.2, 0.25) is 0 Å². The lowest BCUT2D eigenvalue weighted by Gasteiger charge is -2.17. The number of rotatable bonds is 1. The van der Waals surface area contributed by atoms with Crippen LogP contribution in [0.4, 0.5) is 10.6 Å². The second kappa shape index (κ2) is 3.25. The Morgan fingerprint density at radius 2 is 2.13 bits per heavy atom. The summed E-state index contributed by atoms with van der Waals surface area (Å²) >= 11 is 0. The SMILES string of the molecule is O=C1n2cncc2N=[N+]1C1CCCCC1. The second-order valence-electron chi connectivity index (χ2n) is 4.14. The van der Waals surface area contributed by atoms with Crippen molar-refractivity contribution in [3.8, 4) is 0 Å². The number of imidazole rings is 1. The van der Waals surface area contributed by atoms with Crippen LogP contribution < -0.4 is 0 Å². The standard InChI is InChI=1S/C10H13N4O/c15-10-13-7-11-6-9(13)12-14(10)8-4-2-1-3-5-8/h6-8H,1-5H2/q+1. The third-order valence-corrected chi connectivity index (χ3v) is 3.15. The van der Waals surface area contributed by atoms with Gasteiger partial charge in [-0.3, -0.25) is 0 Å². The Kier molecular flexibility index (Phi) is 1.90. The van der Waals surface area contributed by atoms with E-state index in [0.717, 1.165) is 12.8 Å². The molecule has 1 aliphatic carbocycles. The largest absolute Gasteiger partial charge is 0.526 e. The van der Waals surface area contributed by atoms with Crippen LogP contribution in [0.3, 0.4) is 0 Å². The minimum Gasteiger partial charge on any atom is -0.218 e. The minimum atomic E-state index is -0.0469. The van der Waals surface area contributed by atoms with Crippen molar-refractivity contribution in [2.45, 2.75) is 38.1 Å². The first-order valence-corrected chi connectivity index (χ1v) is 5.44. The average molecular weight is 205 g/mol. The molecule has 0 unspecified atom stereocenters. The van der Waals surface area contributed by atoms with Gasteiger partial charge in [0.25, 0.3) is 5.82 Å². The summed E-state index contributed by atoms with van der Waals surface area (Å²) in [7, 11) is 0. The number of azo groups is 2. The number of fused-ring (bicyclic) bond motifs is 1. The van der Waals surface area contributed by atoms with Gasteiger partial charge in [-0.25, -0.2) is 4.98 Å². The smallest absolute Gasteiger partial charge is 0.218 e. The molecule has 0 radical (unpaired) electrons. The topological polar surface area (TPSA) is 50.3 Å². The molecule has 0 spiro atoms. The molecule has 1 saturated carbocycles. The van der Waals surface area contributed by atoms with Gasteiger partial charge < -0.3 is 0 Å². The van der Waals surface area contributed by atoms with Gasteiger partial charge in [0, 0.05) is 0 Å². The molecule has 0 N–H and O–H groups in total. The molecular formula is C10H13N4O+. The van der Waals surface area contributed by atoms with Crippen molar-refractivity contribution in [2.75, 3.05) is 0 Å². The highest BCUT2D eigenvalue weighted by atomic mass is 16.2. The Labute approximate surface area is 87.4 Å². The summed E-state index contributed by atoms with van der Waals surface area (Å²) in [4.78, 5) is 15.8. The number of carbonyl (C=O) groups excluding carboxylic acids is 1. The van der Waals surface area contributed by atoms with Gasteiger partial charge in [0.15, 0.2) is 6.33 Å². The first-order chi connectivity index (χ1) is 7.36. The van der Waals surface area contributed by atoms with Crippen LogP contribution in [-0.2, 0) is 0 Å². The fourth-order valence-corrected chi connectivity index (χ4v) is 2.34. The molecule has 0 saturated heterocycles. The van der Waals surface area contributed by atoms with Crippen LogP contribution in [-0.4, -0.2) is 26.3 Å². The Bertz CT molecular complexity index is 428. The molecule has 0 aromatic carbocycles. The van der Waals surface area contributed by atoms with E-state index < -0.39 is 0 Å². The van der Waals surface area contributed by atoms with E-state index in [-0.39, 0.29) is 6.03 Å². The summed E-state index contributed by atoms with van der Waals surface area (Å²) in [6, 6.07) is 0.251. The van der Waals surface area contributed by atoms with Gasteiger partial charge >= 0.3 is 6.03 Å². The van der Waals surface area contributed by atoms with Crippen molar-refractivity contribution < 1.29 is 9.49 Å². The van der Waals surface area contributed by atoms with Crippen LogP contribution in [0.1, 0.15) is 32.1 Å². The van der Waals surface area contributed by atoms with Crippen molar-refractivity contribution in [3.05, 3.63) is 12.5 Å². The van der Waals surface area contributed by atoms with Gasteiger partial charge in [0.1, 0.15) is 12.2 Å². The van der Waals surface area contributed by atoms with Crippen molar-refractivity contribution in [1.82, 2.24) is 9.55 Å². The van der Waals surface area contributed by atoms with Gasteiger partial charge in [-0.05, 0) is 30.8 Å². The van der Waals surface area contributed by atoms with E-state index in [0.29, 0.717) is 11.9 Å². The minimum absolute atomic E-state index is 0.0469. The first kappa shape index (κ1) is 8.76. The van der Waals surface area contributed by atoms with E-state index in [4.69, 9.17) is 0 Å². The molecule has 15 heavy (non-hydrogen) atoms. The molecular weight excluding hydrogens is 192 g/mol. The lowest BCUT2D eigenvalue weighted by molar-refractivity contribution is -0.532. The molecule has 3 rings (SSSR count). The summed E-state index contributed by atoms with van der Waals surface area (Å²) in [5.74, 6) is 0.658. The molecule has 2 heterocycles. The fourth-order valence-electron chi connectivity index (χ4n) is 2.34. The van der Waals surface area contributed by atoms with Crippen LogP contribution >= 0.6 is 0 Å². The molecule has 1 aliphatic heterocycles.